The summed E-state index contributed by atoms with van der Waals surface area (Å²) in [4.78, 5) is 4.50. The molecule has 142 valence electrons. The Bertz CT molecular complexity index is 1140. The van der Waals surface area contributed by atoms with Crippen molar-refractivity contribution in [3.05, 3.63) is 53.6 Å². The molecule has 0 saturated heterocycles. The van der Waals surface area contributed by atoms with E-state index in [2.05, 4.69) is 50.7 Å². The third kappa shape index (κ3) is 2.81. The Kier molecular flexibility index (Phi) is 3.85. The van der Waals surface area contributed by atoms with Crippen LogP contribution in [0.1, 0.15) is 42.3 Å². The van der Waals surface area contributed by atoms with Crippen LogP contribution in [0.4, 0.5) is 5.82 Å². The summed E-state index contributed by atoms with van der Waals surface area (Å²) in [7, 11) is 1.97. The quantitative estimate of drug-likeness (QED) is 0.578. The summed E-state index contributed by atoms with van der Waals surface area (Å²) in [6.45, 7) is 4.85. The van der Waals surface area contributed by atoms with E-state index >= 15 is 0 Å². The van der Waals surface area contributed by atoms with E-state index in [-0.39, 0.29) is 0 Å². The van der Waals surface area contributed by atoms with Gasteiger partial charge in [0.2, 0.25) is 0 Å². The molecule has 5 rings (SSSR count). The molecule has 0 radical (unpaired) electrons. The molecule has 28 heavy (non-hydrogen) atoms. The van der Waals surface area contributed by atoms with Crippen LogP contribution in [-0.2, 0) is 7.05 Å². The lowest BCUT2D eigenvalue weighted by Gasteiger charge is -2.03. The third-order valence-corrected chi connectivity index (χ3v) is 5.32. The standard InChI is InChI=1S/C20H22N8/c1-4-21-19-7-5-13(11-22-19)14-9-15(14)17-10-18(27(3)25-17)16-6-8-20-24-23-12(2)28(20)26-16/h5-8,10-11,14-15H,4,9H2,1-3H3,(H,21,22)/t14-,15+/m1/s1. The fourth-order valence-electron chi connectivity index (χ4n) is 3.74. The number of pyridine rings is 1. The van der Waals surface area contributed by atoms with E-state index in [9.17, 15) is 0 Å². The van der Waals surface area contributed by atoms with Crippen LogP contribution in [0.2, 0.25) is 0 Å². The lowest BCUT2D eigenvalue weighted by molar-refractivity contribution is 0.741. The fourth-order valence-corrected chi connectivity index (χ4v) is 3.74. The number of fused-ring (bicyclic) bond motifs is 1. The van der Waals surface area contributed by atoms with E-state index < -0.39 is 0 Å². The maximum atomic E-state index is 4.77. The average Bonchev–Trinajstić information content (AvgIpc) is 3.29. The summed E-state index contributed by atoms with van der Waals surface area (Å²) in [5.41, 5.74) is 5.00. The minimum atomic E-state index is 0.437. The first-order chi connectivity index (χ1) is 13.6. The molecule has 0 aliphatic heterocycles. The number of anilines is 1. The second kappa shape index (κ2) is 6.40. The molecule has 2 atom stereocenters. The van der Waals surface area contributed by atoms with Crippen molar-refractivity contribution in [1.29, 1.82) is 0 Å². The molecule has 4 aromatic rings. The largest absolute Gasteiger partial charge is 0.370 e. The van der Waals surface area contributed by atoms with E-state index in [1.165, 1.54) is 5.56 Å². The van der Waals surface area contributed by atoms with Crippen LogP contribution in [-0.4, -0.2) is 41.1 Å². The number of aryl methyl sites for hydroxylation is 2. The summed E-state index contributed by atoms with van der Waals surface area (Å²) in [6, 6.07) is 10.3. The highest BCUT2D eigenvalue weighted by Gasteiger charge is 2.41. The molecule has 0 unspecified atom stereocenters. The number of hydrogen-bond donors (Lipinski definition) is 1. The van der Waals surface area contributed by atoms with Gasteiger partial charge in [0.05, 0.1) is 11.4 Å². The van der Waals surface area contributed by atoms with Gasteiger partial charge in [-0.15, -0.1) is 10.2 Å². The van der Waals surface area contributed by atoms with Crippen molar-refractivity contribution >= 4 is 11.5 Å². The van der Waals surface area contributed by atoms with Crippen molar-refractivity contribution in [2.24, 2.45) is 7.05 Å². The topological polar surface area (TPSA) is 85.8 Å². The van der Waals surface area contributed by atoms with Gasteiger partial charge in [-0.05, 0) is 56.0 Å². The summed E-state index contributed by atoms with van der Waals surface area (Å²) in [5.74, 6) is 2.62. The van der Waals surface area contributed by atoms with Crippen molar-refractivity contribution in [1.82, 2.24) is 34.6 Å². The molecular formula is C20H22N8. The Labute approximate surface area is 162 Å². The zero-order valence-corrected chi connectivity index (χ0v) is 16.2. The van der Waals surface area contributed by atoms with Gasteiger partial charge < -0.3 is 5.32 Å². The Morgan fingerprint density at radius 1 is 1.11 bits per heavy atom. The van der Waals surface area contributed by atoms with E-state index in [1.54, 1.807) is 4.52 Å². The van der Waals surface area contributed by atoms with Gasteiger partial charge in [0.25, 0.3) is 0 Å². The first kappa shape index (κ1) is 16.9. The SMILES string of the molecule is CCNc1ccc([C@H]2C[C@@H]2c2cc(-c3ccc4nnc(C)n4n3)n(C)n2)cn1. The van der Waals surface area contributed by atoms with Gasteiger partial charge in [0.15, 0.2) is 11.5 Å². The predicted octanol–water partition coefficient (Wildman–Crippen LogP) is 2.93. The van der Waals surface area contributed by atoms with Crippen LogP contribution in [0.5, 0.6) is 0 Å². The molecule has 0 amide bonds. The van der Waals surface area contributed by atoms with Crippen molar-refractivity contribution in [3.63, 3.8) is 0 Å². The van der Waals surface area contributed by atoms with E-state index in [0.29, 0.717) is 11.8 Å². The molecule has 8 heteroatoms. The van der Waals surface area contributed by atoms with Crippen LogP contribution in [0.15, 0.2) is 36.5 Å². The number of aromatic nitrogens is 7. The van der Waals surface area contributed by atoms with Crippen LogP contribution in [0.3, 0.4) is 0 Å². The highest BCUT2D eigenvalue weighted by Crippen LogP contribution is 2.54. The molecule has 1 aliphatic rings. The molecule has 1 saturated carbocycles. The molecule has 1 fully saturated rings. The van der Waals surface area contributed by atoms with Gasteiger partial charge in [-0.3, -0.25) is 4.68 Å². The summed E-state index contributed by atoms with van der Waals surface area (Å²) >= 11 is 0. The third-order valence-electron chi connectivity index (χ3n) is 5.32. The lowest BCUT2D eigenvalue weighted by Crippen LogP contribution is -2.00. The summed E-state index contributed by atoms with van der Waals surface area (Å²) < 4.78 is 3.67. The lowest BCUT2D eigenvalue weighted by atomic mass is 10.1. The Hall–Kier alpha value is -3.29. The summed E-state index contributed by atoms with van der Waals surface area (Å²) in [5, 5.41) is 20.9. The van der Waals surface area contributed by atoms with E-state index in [4.69, 9.17) is 5.10 Å². The smallest absolute Gasteiger partial charge is 0.177 e. The Morgan fingerprint density at radius 3 is 2.79 bits per heavy atom. The molecule has 0 bridgehead atoms. The van der Waals surface area contributed by atoms with Crippen LogP contribution >= 0.6 is 0 Å². The minimum Gasteiger partial charge on any atom is -0.370 e. The zero-order chi connectivity index (χ0) is 19.3. The normalized spacial score (nSPS) is 18.5. The maximum absolute atomic E-state index is 4.77. The van der Waals surface area contributed by atoms with Gasteiger partial charge in [-0.1, -0.05) is 6.07 Å². The Morgan fingerprint density at radius 2 is 2.00 bits per heavy atom. The number of rotatable bonds is 5. The highest BCUT2D eigenvalue weighted by molar-refractivity contribution is 5.57. The predicted molar refractivity (Wildman–Crippen MR) is 106 cm³/mol. The van der Waals surface area contributed by atoms with Crippen LogP contribution < -0.4 is 5.32 Å². The van der Waals surface area contributed by atoms with Crippen molar-refractivity contribution in [3.8, 4) is 11.4 Å². The van der Waals surface area contributed by atoms with Crippen LogP contribution in [0.25, 0.3) is 17.0 Å². The van der Waals surface area contributed by atoms with Gasteiger partial charge in [0, 0.05) is 25.7 Å². The second-order valence-corrected chi connectivity index (χ2v) is 7.27. The first-order valence-corrected chi connectivity index (χ1v) is 9.57. The van der Waals surface area contributed by atoms with Crippen molar-refractivity contribution in [2.75, 3.05) is 11.9 Å². The van der Waals surface area contributed by atoms with Crippen molar-refractivity contribution < 1.29 is 0 Å². The van der Waals surface area contributed by atoms with Crippen LogP contribution in [0, 0.1) is 6.92 Å². The van der Waals surface area contributed by atoms with Gasteiger partial charge in [0.1, 0.15) is 11.5 Å². The van der Waals surface area contributed by atoms with Crippen molar-refractivity contribution in [2.45, 2.75) is 32.1 Å². The van der Waals surface area contributed by atoms with Gasteiger partial charge in [-0.2, -0.15) is 14.7 Å². The molecule has 0 spiro atoms. The molecule has 4 heterocycles. The number of hydrogen-bond acceptors (Lipinski definition) is 6. The maximum Gasteiger partial charge on any atom is 0.177 e. The molecule has 0 aromatic carbocycles. The molecule has 8 nitrogen and oxygen atoms in total. The van der Waals surface area contributed by atoms with E-state index in [0.717, 1.165) is 47.3 Å². The fraction of sp³-hybridized carbons (Fsp3) is 0.350. The number of nitrogens with zero attached hydrogens (tertiary/aromatic N) is 7. The summed E-state index contributed by atoms with van der Waals surface area (Å²) in [6.07, 6.45) is 3.09. The molecule has 4 aromatic heterocycles. The zero-order valence-electron chi connectivity index (χ0n) is 16.2. The minimum absolute atomic E-state index is 0.437. The molecule has 1 N–H and O–H groups in total. The molecule has 1 aliphatic carbocycles. The Balaban J connectivity index is 1.40. The van der Waals surface area contributed by atoms with Gasteiger partial charge in [-0.25, -0.2) is 4.98 Å². The second-order valence-electron chi connectivity index (χ2n) is 7.27. The van der Waals surface area contributed by atoms with E-state index in [1.807, 2.05) is 37.0 Å². The van der Waals surface area contributed by atoms with Gasteiger partial charge >= 0.3 is 0 Å². The average molecular weight is 374 g/mol. The highest BCUT2D eigenvalue weighted by atomic mass is 15.4. The number of nitrogens with one attached hydrogen (secondary N) is 1. The molecular weight excluding hydrogens is 352 g/mol. The monoisotopic (exact) mass is 374 g/mol. The first-order valence-electron chi connectivity index (χ1n) is 9.57.